The molecule has 5 heteroatoms. The molecule has 0 bridgehead atoms. The van der Waals surface area contributed by atoms with E-state index in [9.17, 15) is 4.79 Å². The second-order valence-electron chi connectivity index (χ2n) is 6.64. The summed E-state index contributed by atoms with van der Waals surface area (Å²) in [6, 6.07) is 8.28. The number of aryl methyl sites for hydroxylation is 1. The van der Waals surface area contributed by atoms with Crippen LogP contribution in [0.5, 0.6) is 0 Å². The van der Waals surface area contributed by atoms with Crippen LogP contribution in [0, 0.1) is 6.92 Å². The summed E-state index contributed by atoms with van der Waals surface area (Å²) in [5.41, 5.74) is 2.18. The third-order valence-corrected chi connectivity index (χ3v) is 4.43. The van der Waals surface area contributed by atoms with E-state index in [1.165, 1.54) is 0 Å². The van der Waals surface area contributed by atoms with Gasteiger partial charge in [0.2, 0.25) is 0 Å². The summed E-state index contributed by atoms with van der Waals surface area (Å²) in [7, 11) is 0. The number of hydrogen-bond acceptors (Lipinski definition) is 3. The van der Waals surface area contributed by atoms with Gasteiger partial charge in [-0.1, -0.05) is 11.6 Å². The summed E-state index contributed by atoms with van der Waals surface area (Å²) in [6.07, 6.45) is 0. The maximum atomic E-state index is 12.5. The number of nitrogens with one attached hydrogen (secondary N) is 1. The molecule has 1 aromatic heterocycles. The molecule has 0 saturated heterocycles. The number of benzene rings is 1. The molecule has 4 nitrogen and oxygen atoms in total. The maximum Gasteiger partial charge on any atom is 0.253 e. The lowest BCUT2D eigenvalue weighted by Gasteiger charge is -2.30. The lowest BCUT2D eigenvalue weighted by atomic mass is 10.1. The van der Waals surface area contributed by atoms with Crippen LogP contribution in [0.2, 0.25) is 5.02 Å². The van der Waals surface area contributed by atoms with Gasteiger partial charge in [-0.3, -0.25) is 14.7 Å². The molecule has 2 rings (SSSR count). The van der Waals surface area contributed by atoms with Crippen LogP contribution in [0.4, 0.5) is 0 Å². The van der Waals surface area contributed by atoms with E-state index >= 15 is 0 Å². The molecule has 0 atom stereocenters. The molecule has 0 aliphatic carbocycles. The first-order chi connectivity index (χ1) is 11.3. The van der Waals surface area contributed by atoms with Crippen molar-refractivity contribution in [1.29, 1.82) is 0 Å². The van der Waals surface area contributed by atoms with Gasteiger partial charge in [-0.05, 0) is 58.9 Å². The molecule has 130 valence electrons. The number of rotatable bonds is 6. The van der Waals surface area contributed by atoms with Crippen LogP contribution in [0.3, 0.4) is 0 Å². The van der Waals surface area contributed by atoms with Gasteiger partial charge >= 0.3 is 0 Å². The number of carbonyl (C=O) groups excluding carboxylic acids is 1. The molecule has 0 aliphatic heterocycles. The fourth-order valence-electron chi connectivity index (χ4n) is 2.98. The molecule has 1 heterocycles. The molecule has 0 unspecified atom stereocenters. The number of halogens is 1. The maximum absolute atomic E-state index is 12.5. The van der Waals surface area contributed by atoms with E-state index < -0.39 is 0 Å². The Morgan fingerprint density at radius 1 is 1.21 bits per heavy atom. The van der Waals surface area contributed by atoms with E-state index in [-0.39, 0.29) is 5.91 Å². The zero-order chi connectivity index (χ0) is 17.9. The minimum atomic E-state index is -0.0886. The highest BCUT2D eigenvalue weighted by Gasteiger charge is 2.15. The minimum Gasteiger partial charge on any atom is -0.351 e. The van der Waals surface area contributed by atoms with Crippen LogP contribution in [0.1, 0.15) is 43.7 Å². The molecule has 0 aliphatic rings. The van der Waals surface area contributed by atoms with Gasteiger partial charge in [0.25, 0.3) is 5.91 Å². The Hall–Kier alpha value is -1.65. The van der Waals surface area contributed by atoms with Crippen molar-refractivity contribution in [2.45, 2.75) is 46.7 Å². The quantitative estimate of drug-likeness (QED) is 0.857. The van der Waals surface area contributed by atoms with Crippen molar-refractivity contribution in [1.82, 2.24) is 15.2 Å². The second-order valence-corrected chi connectivity index (χ2v) is 7.08. The van der Waals surface area contributed by atoms with Crippen LogP contribution in [-0.4, -0.2) is 41.0 Å². The molecule has 1 amide bonds. The number of amides is 1. The molecule has 1 N–H and O–H groups in total. The van der Waals surface area contributed by atoms with E-state index in [2.05, 4.69) is 42.9 Å². The van der Waals surface area contributed by atoms with Gasteiger partial charge in [0.05, 0.1) is 16.8 Å². The normalized spacial score (nSPS) is 11.7. The Bertz CT molecular complexity index is 720. The summed E-state index contributed by atoms with van der Waals surface area (Å²) < 4.78 is 0. The number of fused-ring (bicyclic) bond motifs is 1. The molecule has 24 heavy (non-hydrogen) atoms. The second kappa shape index (κ2) is 7.95. The zero-order valence-electron chi connectivity index (χ0n) is 15.1. The summed E-state index contributed by atoms with van der Waals surface area (Å²) in [5, 5.41) is 4.53. The smallest absolute Gasteiger partial charge is 0.253 e. The van der Waals surface area contributed by atoms with E-state index in [0.717, 1.165) is 23.1 Å². The summed E-state index contributed by atoms with van der Waals surface area (Å²) in [5.74, 6) is -0.0886. The Labute approximate surface area is 149 Å². The highest BCUT2D eigenvalue weighted by Crippen LogP contribution is 2.20. The number of hydrogen-bond donors (Lipinski definition) is 1. The van der Waals surface area contributed by atoms with Crippen LogP contribution in [0.15, 0.2) is 24.3 Å². The number of aromatic nitrogens is 1. The lowest BCUT2D eigenvalue weighted by Crippen LogP contribution is -2.42. The third kappa shape index (κ3) is 4.46. The van der Waals surface area contributed by atoms with Crippen molar-refractivity contribution in [2.24, 2.45) is 0 Å². The van der Waals surface area contributed by atoms with Gasteiger partial charge in [0.1, 0.15) is 0 Å². The Morgan fingerprint density at radius 2 is 1.88 bits per heavy atom. The predicted octanol–water partition coefficient (Wildman–Crippen LogP) is 4.05. The van der Waals surface area contributed by atoms with E-state index in [1.807, 2.05) is 31.2 Å². The lowest BCUT2D eigenvalue weighted by molar-refractivity contribution is 0.0938. The fraction of sp³-hybridized carbons (Fsp3) is 0.474. The van der Waals surface area contributed by atoms with Gasteiger partial charge in [-0.25, -0.2) is 0 Å². The average molecular weight is 348 g/mol. The van der Waals surface area contributed by atoms with Gasteiger partial charge < -0.3 is 5.32 Å². The SMILES string of the molecule is Cc1nc2ccc(Cl)cc2cc1C(=O)NCCN(C(C)C)C(C)C. The van der Waals surface area contributed by atoms with Crippen molar-refractivity contribution < 1.29 is 4.79 Å². The van der Waals surface area contributed by atoms with Gasteiger partial charge in [0.15, 0.2) is 0 Å². The fourth-order valence-corrected chi connectivity index (χ4v) is 3.16. The Kier molecular flexibility index (Phi) is 6.19. The van der Waals surface area contributed by atoms with Crippen molar-refractivity contribution >= 4 is 28.4 Å². The Balaban J connectivity index is 2.09. The third-order valence-electron chi connectivity index (χ3n) is 4.19. The largest absolute Gasteiger partial charge is 0.351 e. The van der Waals surface area contributed by atoms with Gasteiger partial charge in [-0.15, -0.1) is 0 Å². The van der Waals surface area contributed by atoms with Crippen molar-refractivity contribution in [3.63, 3.8) is 0 Å². The standard InChI is InChI=1S/C19H26ClN3O/c1-12(2)23(13(3)4)9-8-21-19(24)17-11-15-10-16(20)6-7-18(15)22-14(17)5/h6-7,10-13H,8-9H2,1-5H3,(H,21,24). The van der Waals surface area contributed by atoms with Gasteiger partial charge in [0, 0.05) is 35.6 Å². The molecular formula is C19H26ClN3O. The van der Waals surface area contributed by atoms with Crippen LogP contribution in [-0.2, 0) is 0 Å². The zero-order valence-corrected chi connectivity index (χ0v) is 15.8. The Morgan fingerprint density at radius 3 is 2.50 bits per heavy atom. The highest BCUT2D eigenvalue weighted by atomic mass is 35.5. The summed E-state index contributed by atoms with van der Waals surface area (Å²) >= 11 is 6.03. The van der Waals surface area contributed by atoms with Crippen LogP contribution >= 0.6 is 11.6 Å². The molecule has 0 spiro atoms. The molecule has 1 aromatic carbocycles. The van der Waals surface area contributed by atoms with Crippen molar-refractivity contribution in [3.8, 4) is 0 Å². The topological polar surface area (TPSA) is 45.2 Å². The summed E-state index contributed by atoms with van der Waals surface area (Å²) in [4.78, 5) is 19.4. The first-order valence-electron chi connectivity index (χ1n) is 8.40. The highest BCUT2D eigenvalue weighted by molar-refractivity contribution is 6.31. The van der Waals surface area contributed by atoms with Crippen LogP contribution < -0.4 is 5.32 Å². The number of pyridine rings is 1. The predicted molar refractivity (Wildman–Crippen MR) is 101 cm³/mol. The van der Waals surface area contributed by atoms with Gasteiger partial charge in [-0.2, -0.15) is 0 Å². The first-order valence-corrected chi connectivity index (χ1v) is 8.78. The average Bonchev–Trinajstić information content (AvgIpc) is 2.50. The van der Waals surface area contributed by atoms with Crippen molar-refractivity contribution in [3.05, 3.63) is 40.5 Å². The minimum absolute atomic E-state index is 0.0886. The monoisotopic (exact) mass is 347 g/mol. The molecular weight excluding hydrogens is 322 g/mol. The van der Waals surface area contributed by atoms with E-state index in [4.69, 9.17) is 11.6 Å². The number of nitrogens with zero attached hydrogens (tertiary/aromatic N) is 2. The number of carbonyl (C=O) groups is 1. The molecule has 0 fully saturated rings. The van der Waals surface area contributed by atoms with Crippen molar-refractivity contribution in [2.75, 3.05) is 13.1 Å². The van der Waals surface area contributed by atoms with Crippen LogP contribution in [0.25, 0.3) is 10.9 Å². The first kappa shape index (κ1) is 18.7. The van der Waals surface area contributed by atoms with E-state index in [0.29, 0.717) is 29.2 Å². The molecule has 0 radical (unpaired) electrons. The molecule has 2 aromatic rings. The summed E-state index contributed by atoms with van der Waals surface area (Å²) in [6.45, 7) is 12.0. The molecule has 0 saturated carbocycles. The van der Waals surface area contributed by atoms with E-state index in [1.54, 1.807) is 0 Å².